The Hall–Kier alpha value is -7.14. The molecule has 0 aliphatic carbocycles. The van der Waals surface area contributed by atoms with Crippen molar-refractivity contribution in [1.82, 2.24) is 4.98 Å². The van der Waals surface area contributed by atoms with Crippen LogP contribution in [0.4, 0.5) is 0 Å². The van der Waals surface area contributed by atoms with E-state index in [1.54, 1.807) is 18.2 Å². The zero-order valence-electron chi connectivity index (χ0n) is 29.9. The minimum absolute atomic E-state index is 0.0119. The number of hydrogen-bond donors (Lipinski definition) is 5. The minimum Gasteiger partial charge on any atom is -0.515 e. The van der Waals surface area contributed by atoms with Gasteiger partial charge in [0.2, 0.25) is 0 Å². The number of fused-ring (bicyclic) bond motifs is 16. The van der Waals surface area contributed by atoms with Gasteiger partial charge >= 0.3 is 0 Å². The Morgan fingerprint density at radius 2 is 0.900 bits per heavy atom. The van der Waals surface area contributed by atoms with Gasteiger partial charge in [-0.15, -0.1) is 0 Å². The molecule has 0 spiro atoms. The van der Waals surface area contributed by atoms with Gasteiger partial charge in [0.25, 0.3) is 30.4 Å². The first kappa shape index (κ1) is 37.2. The Balaban J connectivity index is 1.33. The van der Waals surface area contributed by atoms with Crippen molar-refractivity contribution in [3.63, 3.8) is 0 Å². The quantitative estimate of drug-likeness (QED) is 0.161. The molecule has 5 heterocycles. The molecule has 0 radical (unpaired) electrons. The molecule has 0 unspecified atom stereocenters. The standard InChI is InChI=1S/C39H22N8O10S3/c48-17-18-1-3-19(4-2-18)20-5-9-24-28(13-20)36-40-32(24)42-37-30-15-22(59(52,53)54)7-11-26(30)34(44-37)46-39-31-16-23(60(55,56)57)8-12-27(31)35(47-39)45-38-29-14-21(58(49,50)51)6-10-25(29)33(41-36)43-38/h1-17,48H,(H,49,50,51)(H,52,53,54)(H,55,56,57)(H,40,41,42,43,44,45,46,47). The summed E-state index contributed by atoms with van der Waals surface area (Å²) < 4.78 is 104. The molecular weight excluding hydrogens is 837 g/mol. The molecule has 10 rings (SSSR count). The van der Waals surface area contributed by atoms with E-state index < -0.39 is 45.0 Å². The van der Waals surface area contributed by atoms with E-state index in [0.29, 0.717) is 21.6 Å². The Labute approximate surface area is 336 Å². The van der Waals surface area contributed by atoms with E-state index >= 15 is 0 Å². The lowest BCUT2D eigenvalue weighted by atomic mass is 10.1. The van der Waals surface area contributed by atoms with Crippen LogP contribution < -0.4 is 21.4 Å². The van der Waals surface area contributed by atoms with Crippen LogP contribution in [0.25, 0.3) is 22.9 Å². The fraction of sp³-hybridized carbons (Fsp3) is 0. The third-order valence-electron chi connectivity index (χ3n) is 9.97. The fourth-order valence-electron chi connectivity index (χ4n) is 7.09. The largest absolute Gasteiger partial charge is 0.515 e. The zero-order valence-corrected chi connectivity index (χ0v) is 32.4. The molecule has 60 heavy (non-hydrogen) atoms. The lowest BCUT2D eigenvalue weighted by molar-refractivity contribution is 0.481. The third-order valence-corrected chi connectivity index (χ3v) is 12.5. The van der Waals surface area contributed by atoms with E-state index in [4.69, 9.17) is 25.0 Å². The number of rotatable bonds is 3. The maximum atomic E-state index is 12.3. The second-order valence-corrected chi connectivity index (χ2v) is 17.9. The van der Waals surface area contributed by atoms with E-state index in [9.17, 15) is 44.0 Å². The topological polar surface area (TPSA) is 286 Å². The van der Waals surface area contributed by atoms with Crippen molar-refractivity contribution in [2.45, 2.75) is 14.7 Å². The molecule has 296 valence electrons. The molecule has 0 atom stereocenters. The number of aliphatic imine (C=N–C) groups is 5. The lowest BCUT2D eigenvalue weighted by Crippen LogP contribution is -2.15. The number of hydrogen-bond acceptors (Lipinski definition) is 14. The van der Waals surface area contributed by atoms with Gasteiger partial charge < -0.3 is 10.1 Å². The predicted molar refractivity (Wildman–Crippen MR) is 216 cm³/mol. The first-order valence-electron chi connectivity index (χ1n) is 17.4. The van der Waals surface area contributed by atoms with Crippen molar-refractivity contribution in [1.29, 1.82) is 0 Å². The van der Waals surface area contributed by atoms with Crippen LogP contribution in [0.2, 0.25) is 0 Å². The number of aliphatic hydroxyl groups is 1. The number of benzene rings is 5. The second kappa shape index (κ2) is 12.9. The van der Waals surface area contributed by atoms with Crippen molar-refractivity contribution < 1.29 is 44.0 Å². The van der Waals surface area contributed by atoms with Crippen LogP contribution in [0.3, 0.4) is 0 Å². The molecule has 0 saturated carbocycles. The van der Waals surface area contributed by atoms with Crippen molar-refractivity contribution in [2.24, 2.45) is 34.9 Å². The number of aliphatic hydroxyl groups excluding tert-OH is 1. The summed E-state index contributed by atoms with van der Waals surface area (Å²) in [5.41, 5.74) is 1.44. The van der Waals surface area contributed by atoms with Crippen LogP contribution in [0.5, 0.6) is 0 Å². The summed E-state index contributed by atoms with van der Waals surface area (Å²) in [4.78, 5) is 34.8. The SMILES string of the molecule is O=S(=O)(O)c1ccc2c(c1)C1=NC2=NC2=NC(=c3ccc(=c4ccc(=CO)cc4)cc32)N=C2N=C(N=c3[nH]c(c4ccc(S(=O)(=O)O)cc34)=N1)c1ccc(S(=O)(=O)O)cc12. The normalized spacial score (nSPS) is 15.4. The molecule has 0 amide bonds. The van der Waals surface area contributed by atoms with E-state index in [1.807, 2.05) is 24.3 Å². The highest BCUT2D eigenvalue weighted by Crippen LogP contribution is 2.28. The number of nitrogens with zero attached hydrogens (tertiary/aromatic N) is 7. The molecule has 21 heteroatoms. The van der Waals surface area contributed by atoms with Crippen LogP contribution >= 0.6 is 0 Å². The second-order valence-electron chi connectivity index (χ2n) is 13.6. The highest BCUT2D eigenvalue weighted by molar-refractivity contribution is 7.86. The zero-order chi connectivity index (χ0) is 41.9. The van der Waals surface area contributed by atoms with Crippen LogP contribution in [0.1, 0.15) is 27.8 Å². The van der Waals surface area contributed by atoms with Crippen molar-refractivity contribution in [3.8, 4) is 0 Å². The van der Waals surface area contributed by atoms with Crippen LogP contribution in [0, 0.1) is 10.4 Å². The lowest BCUT2D eigenvalue weighted by Gasteiger charge is -2.03. The summed E-state index contributed by atoms with van der Waals surface area (Å²) in [5.74, 6) is 0.123. The molecule has 0 saturated heterocycles. The smallest absolute Gasteiger partial charge is 0.294 e. The number of amidine groups is 5. The predicted octanol–water partition coefficient (Wildman–Crippen LogP) is 1.68. The summed E-state index contributed by atoms with van der Waals surface area (Å²) in [6.45, 7) is 0. The maximum absolute atomic E-state index is 12.3. The van der Waals surface area contributed by atoms with Crippen LogP contribution in [-0.4, -0.2) is 78.2 Å². The minimum atomic E-state index is -4.71. The van der Waals surface area contributed by atoms with Gasteiger partial charge in [0.15, 0.2) is 35.0 Å². The molecule has 5 N–H and O–H groups in total. The Kier molecular flexibility index (Phi) is 8.01. The Morgan fingerprint density at radius 3 is 1.47 bits per heavy atom. The number of H-pyrrole nitrogens is 1. The van der Waals surface area contributed by atoms with Crippen molar-refractivity contribution in [2.75, 3.05) is 0 Å². The number of aromatic nitrogens is 1. The third kappa shape index (κ3) is 6.20. The summed E-state index contributed by atoms with van der Waals surface area (Å²) in [6, 6.07) is 23.6. The molecule has 0 fully saturated rings. The van der Waals surface area contributed by atoms with E-state index in [0.717, 1.165) is 34.9 Å². The first-order chi connectivity index (χ1) is 28.5. The van der Waals surface area contributed by atoms with Gasteiger partial charge in [-0.1, -0.05) is 30.3 Å². The van der Waals surface area contributed by atoms with Gasteiger partial charge in [-0.05, 0) is 77.2 Å². The summed E-state index contributed by atoms with van der Waals surface area (Å²) in [6.07, 6.45) is 0.978. The summed E-state index contributed by atoms with van der Waals surface area (Å²) in [5, 5.41) is 12.5. The summed E-state index contributed by atoms with van der Waals surface area (Å²) >= 11 is 0. The Morgan fingerprint density at radius 1 is 0.433 bits per heavy atom. The fourth-order valence-corrected chi connectivity index (χ4v) is 8.61. The highest BCUT2D eigenvalue weighted by Gasteiger charge is 2.29. The van der Waals surface area contributed by atoms with Gasteiger partial charge in [0.1, 0.15) is 11.0 Å². The molecule has 8 bridgehead atoms. The monoisotopic (exact) mass is 858 g/mol. The van der Waals surface area contributed by atoms with E-state index in [-0.39, 0.29) is 73.4 Å². The number of nitrogens with one attached hydrogen (secondary N) is 1. The average Bonchev–Trinajstić information content (AvgIpc) is 3.94. The van der Waals surface area contributed by atoms with E-state index in [1.165, 1.54) is 36.4 Å². The molecule has 5 aromatic carbocycles. The molecule has 18 nitrogen and oxygen atoms in total. The molecular formula is C39H22N8O10S3. The highest BCUT2D eigenvalue weighted by atomic mass is 32.2. The van der Waals surface area contributed by atoms with E-state index in [2.05, 4.69) is 15.0 Å². The summed E-state index contributed by atoms with van der Waals surface area (Å²) in [7, 11) is -14.1. The van der Waals surface area contributed by atoms with Gasteiger partial charge in [0, 0.05) is 49.0 Å². The molecule has 6 aromatic rings. The van der Waals surface area contributed by atoms with Crippen molar-refractivity contribution in [3.05, 3.63) is 157 Å². The first-order valence-corrected chi connectivity index (χ1v) is 21.7. The van der Waals surface area contributed by atoms with Gasteiger partial charge in [-0.3, -0.25) is 13.7 Å². The maximum Gasteiger partial charge on any atom is 0.294 e. The van der Waals surface area contributed by atoms with Gasteiger partial charge in [-0.2, -0.15) is 25.3 Å². The Bertz CT molecular complexity index is 3910. The molecule has 4 aliphatic heterocycles. The van der Waals surface area contributed by atoms with Crippen LogP contribution in [-0.2, 0) is 30.4 Å². The van der Waals surface area contributed by atoms with Gasteiger partial charge in [-0.25, -0.2) is 34.9 Å². The van der Waals surface area contributed by atoms with Crippen molar-refractivity contribution >= 4 is 82.4 Å². The van der Waals surface area contributed by atoms with Gasteiger partial charge in [0.05, 0.1) is 20.9 Å². The molecule has 4 aliphatic rings. The van der Waals surface area contributed by atoms with Crippen LogP contribution in [0.15, 0.2) is 147 Å². The number of aromatic amines is 1. The molecule has 1 aromatic heterocycles. The average molecular weight is 859 g/mol.